The van der Waals surface area contributed by atoms with Crippen LogP contribution in [0.25, 0.3) is 0 Å². The molecule has 2 aliphatic heterocycles. The normalized spacial score (nSPS) is 17.1. The first kappa shape index (κ1) is 19.5. The zero-order valence-corrected chi connectivity index (χ0v) is 17.4. The van der Waals surface area contributed by atoms with Crippen molar-refractivity contribution in [2.45, 2.75) is 13.0 Å². The first-order chi connectivity index (χ1) is 14.1. The Morgan fingerprint density at radius 3 is 2.34 bits per heavy atom. The van der Waals surface area contributed by atoms with E-state index in [-0.39, 0.29) is 5.91 Å². The van der Waals surface area contributed by atoms with Crippen molar-refractivity contribution in [1.82, 2.24) is 14.8 Å². The minimum atomic E-state index is 0.0885. The molecule has 1 fully saturated rings. The fourth-order valence-electron chi connectivity index (χ4n) is 4.00. The van der Waals surface area contributed by atoms with Crippen molar-refractivity contribution in [3.8, 4) is 11.5 Å². The van der Waals surface area contributed by atoms with Gasteiger partial charge < -0.3 is 24.2 Å². The largest absolute Gasteiger partial charge is 0.493 e. The molecule has 3 heterocycles. The van der Waals surface area contributed by atoms with E-state index in [9.17, 15) is 4.79 Å². The highest BCUT2D eigenvalue weighted by molar-refractivity contribution is 5.95. The maximum atomic E-state index is 12.9. The van der Waals surface area contributed by atoms with E-state index in [0.29, 0.717) is 5.56 Å². The minimum absolute atomic E-state index is 0.0885. The Morgan fingerprint density at radius 1 is 0.966 bits per heavy atom. The monoisotopic (exact) mass is 396 g/mol. The Kier molecular flexibility index (Phi) is 5.58. The van der Waals surface area contributed by atoms with Crippen LogP contribution in [0.3, 0.4) is 0 Å². The van der Waals surface area contributed by atoms with Crippen molar-refractivity contribution in [3.05, 3.63) is 47.2 Å². The van der Waals surface area contributed by atoms with Crippen LogP contribution in [0.1, 0.15) is 21.5 Å². The molecule has 29 heavy (non-hydrogen) atoms. The molecule has 0 atom stereocenters. The summed E-state index contributed by atoms with van der Waals surface area (Å²) >= 11 is 0. The van der Waals surface area contributed by atoms with Crippen molar-refractivity contribution in [3.63, 3.8) is 0 Å². The number of rotatable bonds is 4. The zero-order chi connectivity index (χ0) is 20.4. The molecule has 0 spiro atoms. The predicted molar refractivity (Wildman–Crippen MR) is 112 cm³/mol. The third kappa shape index (κ3) is 4.00. The lowest BCUT2D eigenvalue weighted by Crippen LogP contribution is -2.47. The van der Waals surface area contributed by atoms with E-state index in [1.165, 1.54) is 11.1 Å². The number of aromatic nitrogens is 1. The third-order valence-corrected chi connectivity index (χ3v) is 5.82. The minimum Gasteiger partial charge on any atom is -0.493 e. The number of amides is 1. The van der Waals surface area contributed by atoms with Gasteiger partial charge in [0.1, 0.15) is 5.82 Å². The Bertz CT molecular complexity index is 894. The van der Waals surface area contributed by atoms with Crippen LogP contribution < -0.4 is 14.4 Å². The molecule has 4 rings (SSSR count). The van der Waals surface area contributed by atoms with Crippen molar-refractivity contribution >= 4 is 11.7 Å². The number of carbonyl (C=O) groups excluding carboxylic acids is 1. The van der Waals surface area contributed by atoms with E-state index in [4.69, 9.17) is 9.47 Å². The van der Waals surface area contributed by atoms with Gasteiger partial charge in [0, 0.05) is 51.0 Å². The average molecular weight is 396 g/mol. The van der Waals surface area contributed by atoms with E-state index in [2.05, 4.69) is 27.9 Å². The number of hydrogen-bond donors (Lipinski definition) is 0. The van der Waals surface area contributed by atoms with Crippen molar-refractivity contribution in [1.29, 1.82) is 0 Å². The lowest BCUT2D eigenvalue weighted by Gasteiger charge is -2.33. The molecule has 1 aromatic heterocycles. The van der Waals surface area contributed by atoms with E-state index in [1.54, 1.807) is 20.4 Å². The summed E-state index contributed by atoms with van der Waals surface area (Å²) in [5, 5.41) is 0. The van der Waals surface area contributed by atoms with E-state index in [1.807, 2.05) is 23.1 Å². The molecule has 7 nitrogen and oxygen atoms in total. The first-order valence-electron chi connectivity index (χ1n) is 10.0. The molecule has 1 saturated heterocycles. The van der Waals surface area contributed by atoms with E-state index in [0.717, 1.165) is 63.0 Å². The van der Waals surface area contributed by atoms with Crippen LogP contribution in [0, 0.1) is 0 Å². The molecule has 0 N–H and O–H groups in total. The molecule has 1 amide bonds. The number of carbonyl (C=O) groups is 1. The summed E-state index contributed by atoms with van der Waals surface area (Å²) < 4.78 is 10.9. The van der Waals surface area contributed by atoms with Gasteiger partial charge in [-0.25, -0.2) is 4.98 Å². The molecule has 1 aromatic carbocycles. The second-order valence-electron chi connectivity index (χ2n) is 7.65. The van der Waals surface area contributed by atoms with E-state index < -0.39 is 0 Å². The highest BCUT2D eigenvalue weighted by Crippen LogP contribution is 2.34. The van der Waals surface area contributed by atoms with Crippen molar-refractivity contribution in [2.75, 3.05) is 58.9 Å². The number of fused-ring (bicyclic) bond motifs is 1. The van der Waals surface area contributed by atoms with Crippen LogP contribution in [0.4, 0.5) is 5.82 Å². The number of benzene rings is 1. The molecule has 0 bridgehead atoms. The lowest BCUT2D eigenvalue weighted by molar-refractivity contribution is 0.0664. The Labute approximate surface area is 171 Å². The number of methoxy groups -OCH3 is 2. The predicted octanol–water partition coefficient (Wildman–Crippen LogP) is 2.05. The topological polar surface area (TPSA) is 58.1 Å². The number of ether oxygens (including phenoxy) is 2. The fraction of sp³-hybridized carbons (Fsp3) is 0.455. The number of piperazine rings is 1. The van der Waals surface area contributed by atoms with Gasteiger partial charge in [-0.2, -0.15) is 0 Å². The summed E-state index contributed by atoms with van der Waals surface area (Å²) in [5.74, 6) is 2.42. The zero-order valence-electron chi connectivity index (χ0n) is 17.4. The number of likely N-dealkylation sites (N-methyl/N-ethyl adjacent to an activating group) is 1. The molecule has 0 aliphatic carbocycles. The van der Waals surface area contributed by atoms with Gasteiger partial charge in [-0.3, -0.25) is 4.79 Å². The highest BCUT2D eigenvalue weighted by atomic mass is 16.5. The summed E-state index contributed by atoms with van der Waals surface area (Å²) in [5.41, 5.74) is 3.17. The van der Waals surface area contributed by atoms with Crippen LogP contribution >= 0.6 is 0 Å². The van der Waals surface area contributed by atoms with Gasteiger partial charge in [-0.05, 0) is 48.9 Å². The molecule has 7 heteroatoms. The Hall–Kier alpha value is -2.80. The Balaban J connectivity index is 1.53. The van der Waals surface area contributed by atoms with Crippen LogP contribution in [0.2, 0.25) is 0 Å². The average Bonchev–Trinajstić information content (AvgIpc) is 2.77. The molecule has 0 unspecified atom stereocenters. The first-order valence-corrected chi connectivity index (χ1v) is 10.0. The summed E-state index contributed by atoms with van der Waals surface area (Å²) in [6, 6.07) is 7.84. The summed E-state index contributed by atoms with van der Waals surface area (Å²) in [6.07, 6.45) is 2.64. The molecular weight excluding hydrogens is 368 g/mol. The maximum absolute atomic E-state index is 12.9. The molecule has 0 radical (unpaired) electrons. The van der Waals surface area contributed by atoms with Gasteiger partial charge in [0.15, 0.2) is 11.5 Å². The summed E-state index contributed by atoms with van der Waals surface area (Å²) in [6.45, 7) is 4.95. The second-order valence-corrected chi connectivity index (χ2v) is 7.65. The third-order valence-electron chi connectivity index (χ3n) is 5.82. The summed E-state index contributed by atoms with van der Waals surface area (Å²) in [7, 11) is 5.40. The standard InChI is InChI=1S/C22H28N4O3/c1-24-8-10-25(11-9-24)22(27)17-4-6-23-21(14-17)26-7-5-16-12-19(28-2)20(29-3)13-18(16)15-26/h4,6,12-14H,5,7-11,15H2,1-3H3. The summed E-state index contributed by atoms with van der Waals surface area (Å²) in [4.78, 5) is 23.9. The van der Waals surface area contributed by atoms with Gasteiger partial charge >= 0.3 is 0 Å². The highest BCUT2D eigenvalue weighted by Gasteiger charge is 2.23. The SMILES string of the molecule is COc1cc2c(cc1OC)CN(c1cc(C(=O)N3CCN(C)CC3)ccn1)CC2. The molecular formula is C22H28N4O3. The van der Waals surface area contributed by atoms with Gasteiger partial charge in [0.2, 0.25) is 0 Å². The van der Waals surface area contributed by atoms with Gasteiger partial charge in [-0.15, -0.1) is 0 Å². The van der Waals surface area contributed by atoms with Crippen LogP contribution in [0.5, 0.6) is 11.5 Å². The number of pyridine rings is 1. The Morgan fingerprint density at radius 2 is 1.66 bits per heavy atom. The van der Waals surface area contributed by atoms with Gasteiger partial charge in [-0.1, -0.05) is 0 Å². The number of anilines is 1. The van der Waals surface area contributed by atoms with Gasteiger partial charge in [0.05, 0.1) is 14.2 Å². The molecule has 0 saturated carbocycles. The van der Waals surface area contributed by atoms with Gasteiger partial charge in [0.25, 0.3) is 5.91 Å². The van der Waals surface area contributed by atoms with Crippen LogP contribution in [-0.4, -0.2) is 74.7 Å². The molecule has 2 aliphatic rings. The second kappa shape index (κ2) is 8.29. The van der Waals surface area contributed by atoms with E-state index >= 15 is 0 Å². The van der Waals surface area contributed by atoms with Crippen LogP contribution in [-0.2, 0) is 13.0 Å². The van der Waals surface area contributed by atoms with Crippen molar-refractivity contribution < 1.29 is 14.3 Å². The lowest BCUT2D eigenvalue weighted by atomic mass is 9.98. The van der Waals surface area contributed by atoms with Crippen LogP contribution in [0.15, 0.2) is 30.5 Å². The maximum Gasteiger partial charge on any atom is 0.254 e. The quantitative estimate of drug-likeness (QED) is 0.789. The smallest absolute Gasteiger partial charge is 0.254 e. The molecule has 2 aromatic rings. The number of hydrogen-bond acceptors (Lipinski definition) is 6. The number of nitrogens with zero attached hydrogens (tertiary/aromatic N) is 4. The molecule has 154 valence electrons. The fourth-order valence-corrected chi connectivity index (χ4v) is 4.00. The van der Waals surface area contributed by atoms with Crippen molar-refractivity contribution in [2.24, 2.45) is 0 Å².